The summed E-state index contributed by atoms with van der Waals surface area (Å²) in [6.45, 7) is 2.19. The molecule has 0 fully saturated rings. The Morgan fingerprint density at radius 2 is 2.19 bits per heavy atom. The average molecular weight is 284 g/mol. The lowest BCUT2D eigenvalue weighted by atomic mass is 10.1. The summed E-state index contributed by atoms with van der Waals surface area (Å²) in [6.07, 6.45) is 8.21. The van der Waals surface area contributed by atoms with Crippen LogP contribution in [0.2, 0.25) is 0 Å². The number of H-pyrrole nitrogens is 1. The molecule has 0 aliphatic carbocycles. The predicted octanol–water partition coefficient (Wildman–Crippen LogP) is 4.56. The first-order valence-corrected chi connectivity index (χ1v) is 7.42. The van der Waals surface area contributed by atoms with Gasteiger partial charge in [-0.05, 0) is 24.6 Å². The van der Waals surface area contributed by atoms with Crippen LogP contribution in [0, 0.1) is 0 Å². The van der Waals surface area contributed by atoms with Crippen LogP contribution in [-0.4, -0.2) is 17.1 Å². The van der Waals surface area contributed by atoms with E-state index in [1.807, 2.05) is 30.6 Å². The van der Waals surface area contributed by atoms with Gasteiger partial charge in [0.15, 0.2) is 11.7 Å². The maximum atomic E-state index is 5.88. The standard InChI is InChI=1S/C17H20N2O2/c1-3-4-5-6-17-19-11-16(21-17)14-10-18-15-8-7-12(20-2)9-13(14)15/h7-11,18H,3-6H2,1-2H3. The summed E-state index contributed by atoms with van der Waals surface area (Å²) in [5.41, 5.74) is 2.09. The van der Waals surface area contributed by atoms with Crippen LogP contribution in [0.5, 0.6) is 5.75 Å². The van der Waals surface area contributed by atoms with E-state index < -0.39 is 0 Å². The number of unbranched alkanes of at least 4 members (excludes halogenated alkanes) is 2. The van der Waals surface area contributed by atoms with E-state index in [9.17, 15) is 0 Å². The van der Waals surface area contributed by atoms with Gasteiger partial charge in [-0.3, -0.25) is 0 Å². The summed E-state index contributed by atoms with van der Waals surface area (Å²) in [6, 6.07) is 5.97. The zero-order valence-electron chi connectivity index (χ0n) is 12.5. The smallest absolute Gasteiger partial charge is 0.194 e. The number of benzene rings is 1. The van der Waals surface area contributed by atoms with E-state index in [1.165, 1.54) is 12.8 Å². The van der Waals surface area contributed by atoms with Crippen molar-refractivity contribution in [2.24, 2.45) is 0 Å². The fourth-order valence-electron chi connectivity index (χ4n) is 2.51. The number of hydrogen-bond acceptors (Lipinski definition) is 3. The number of fused-ring (bicyclic) bond motifs is 1. The second-order valence-corrected chi connectivity index (χ2v) is 5.19. The molecule has 3 aromatic rings. The molecule has 2 heterocycles. The molecule has 0 aliphatic heterocycles. The molecule has 0 atom stereocenters. The topological polar surface area (TPSA) is 51.0 Å². The minimum absolute atomic E-state index is 0.806. The van der Waals surface area contributed by atoms with E-state index in [1.54, 1.807) is 7.11 Å². The van der Waals surface area contributed by atoms with Crippen LogP contribution in [0.1, 0.15) is 32.1 Å². The van der Waals surface area contributed by atoms with E-state index in [2.05, 4.69) is 16.9 Å². The van der Waals surface area contributed by atoms with Gasteiger partial charge in [0.2, 0.25) is 0 Å². The molecule has 4 nitrogen and oxygen atoms in total. The average Bonchev–Trinajstić information content (AvgIpc) is 3.13. The molecule has 0 spiro atoms. The Kier molecular flexibility index (Phi) is 3.95. The molecule has 0 bridgehead atoms. The minimum Gasteiger partial charge on any atom is -0.497 e. The van der Waals surface area contributed by atoms with Gasteiger partial charge in [0.05, 0.1) is 13.3 Å². The predicted molar refractivity (Wildman–Crippen MR) is 83.6 cm³/mol. The largest absolute Gasteiger partial charge is 0.497 e. The van der Waals surface area contributed by atoms with Crippen LogP contribution in [0.25, 0.3) is 22.2 Å². The molecular weight excluding hydrogens is 264 g/mol. The molecule has 1 N–H and O–H groups in total. The van der Waals surface area contributed by atoms with Crippen molar-refractivity contribution in [3.63, 3.8) is 0 Å². The third-order valence-electron chi connectivity index (χ3n) is 3.70. The van der Waals surface area contributed by atoms with E-state index in [-0.39, 0.29) is 0 Å². The SMILES string of the molecule is CCCCCc1ncc(-c2c[nH]c3ccc(OC)cc23)o1. The molecule has 0 saturated carbocycles. The van der Waals surface area contributed by atoms with Gasteiger partial charge in [0.1, 0.15) is 5.75 Å². The van der Waals surface area contributed by atoms with E-state index >= 15 is 0 Å². The number of nitrogens with one attached hydrogen (secondary N) is 1. The van der Waals surface area contributed by atoms with Crippen molar-refractivity contribution in [2.75, 3.05) is 7.11 Å². The van der Waals surface area contributed by atoms with Crippen LogP contribution >= 0.6 is 0 Å². The second kappa shape index (κ2) is 6.04. The lowest BCUT2D eigenvalue weighted by Crippen LogP contribution is -1.83. The number of oxazole rings is 1. The Labute approximate surface area is 124 Å². The van der Waals surface area contributed by atoms with Crippen molar-refractivity contribution >= 4 is 10.9 Å². The molecular formula is C17H20N2O2. The summed E-state index contributed by atoms with van der Waals surface area (Å²) in [5, 5.41) is 1.09. The molecule has 2 aromatic heterocycles. The number of methoxy groups -OCH3 is 1. The Morgan fingerprint density at radius 3 is 3.00 bits per heavy atom. The number of aromatic nitrogens is 2. The zero-order valence-corrected chi connectivity index (χ0v) is 12.5. The Bertz CT molecular complexity index is 727. The van der Waals surface area contributed by atoms with Crippen molar-refractivity contribution in [1.29, 1.82) is 0 Å². The lowest BCUT2D eigenvalue weighted by Gasteiger charge is -2.00. The molecule has 21 heavy (non-hydrogen) atoms. The minimum atomic E-state index is 0.806. The van der Waals surface area contributed by atoms with Crippen molar-refractivity contribution in [1.82, 2.24) is 9.97 Å². The molecule has 3 rings (SSSR count). The molecule has 0 amide bonds. The Morgan fingerprint density at radius 1 is 1.29 bits per heavy atom. The zero-order chi connectivity index (χ0) is 14.7. The van der Waals surface area contributed by atoms with Gasteiger partial charge < -0.3 is 14.1 Å². The first-order valence-electron chi connectivity index (χ1n) is 7.42. The molecule has 4 heteroatoms. The van der Waals surface area contributed by atoms with Crippen molar-refractivity contribution in [3.8, 4) is 17.1 Å². The number of ether oxygens (including phenoxy) is 1. The van der Waals surface area contributed by atoms with Crippen molar-refractivity contribution in [2.45, 2.75) is 32.6 Å². The van der Waals surface area contributed by atoms with Gasteiger partial charge in [-0.15, -0.1) is 0 Å². The van der Waals surface area contributed by atoms with Crippen LogP contribution < -0.4 is 4.74 Å². The summed E-state index contributed by atoms with van der Waals surface area (Å²) in [7, 11) is 1.67. The van der Waals surface area contributed by atoms with Crippen molar-refractivity contribution in [3.05, 3.63) is 36.5 Å². The number of nitrogens with zero attached hydrogens (tertiary/aromatic N) is 1. The second-order valence-electron chi connectivity index (χ2n) is 5.19. The highest BCUT2D eigenvalue weighted by Crippen LogP contribution is 2.31. The van der Waals surface area contributed by atoms with Gasteiger partial charge in [-0.1, -0.05) is 19.8 Å². The molecule has 0 saturated heterocycles. The monoisotopic (exact) mass is 284 g/mol. The highest BCUT2D eigenvalue weighted by Gasteiger charge is 2.12. The van der Waals surface area contributed by atoms with E-state index in [0.717, 1.165) is 46.7 Å². The molecule has 0 radical (unpaired) electrons. The number of aromatic amines is 1. The molecule has 0 aliphatic rings. The summed E-state index contributed by atoms with van der Waals surface area (Å²) in [4.78, 5) is 7.64. The van der Waals surface area contributed by atoms with Gasteiger partial charge >= 0.3 is 0 Å². The Hall–Kier alpha value is -2.23. The first-order chi connectivity index (χ1) is 10.3. The number of hydrogen-bond donors (Lipinski definition) is 1. The third kappa shape index (κ3) is 2.79. The highest BCUT2D eigenvalue weighted by atomic mass is 16.5. The van der Waals surface area contributed by atoms with E-state index in [0.29, 0.717) is 0 Å². The molecule has 1 aromatic carbocycles. The van der Waals surface area contributed by atoms with Crippen LogP contribution in [-0.2, 0) is 6.42 Å². The maximum Gasteiger partial charge on any atom is 0.194 e. The fourth-order valence-corrected chi connectivity index (χ4v) is 2.51. The highest BCUT2D eigenvalue weighted by molar-refractivity contribution is 5.94. The van der Waals surface area contributed by atoms with Gasteiger partial charge in [0, 0.05) is 29.1 Å². The quantitative estimate of drug-likeness (QED) is 0.675. The summed E-state index contributed by atoms with van der Waals surface area (Å²) in [5.74, 6) is 2.46. The Balaban J connectivity index is 1.89. The summed E-state index contributed by atoms with van der Waals surface area (Å²) >= 11 is 0. The lowest BCUT2D eigenvalue weighted by molar-refractivity contribution is 0.415. The van der Waals surface area contributed by atoms with Gasteiger partial charge in [-0.2, -0.15) is 0 Å². The van der Waals surface area contributed by atoms with Crippen molar-refractivity contribution < 1.29 is 9.15 Å². The van der Waals surface area contributed by atoms with Crippen LogP contribution in [0.15, 0.2) is 35.0 Å². The van der Waals surface area contributed by atoms with Crippen LogP contribution in [0.3, 0.4) is 0 Å². The summed E-state index contributed by atoms with van der Waals surface area (Å²) < 4.78 is 11.2. The molecule has 0 unspecified atom stereocenters. The van der Waals surface area contributed by atoms with Crippen LogP contribution in [0.4, 0.5) is 0 Å². The normalized spacial score (nSPS) is 11.1. The number of rotatable bonds is 6. The fraction of sp³-hybridized carbons (Fsp3) is 0.353. The molecule has 110 valence electrons. The third-order valence-corrected chi connectivity index (χ3v) is 3.70. The van der Waals surface area contributed by atoms with Gasteiger partial charge in [-0.25, -0.2) is 4.98 Å². The van der Waals surface area contributed by atoms with Gasteiger partial charge in [0.25, 0.3) is 0 Å². The first kappa shape index (κ1) is 13.7. The maximum absolute atomic E-state index is 5.88. The number of aryl methyl sites for hydroxylation is 1. The van der Waals surface area contributed by atoms with E-state index in [4.69, 9.17) is 9.15 Å².